The van der Waals surface area contributed by atoms with Gasteiger partial charge in [0, 0.05) is 6.07 Å². The van der Waals surface area contributed by atoms with E-state index in [1.54, 1.807) is 12.1 Å². The molecular formula is C13H14F2N2O2S. The minimum atomic E-state index is -2.50. The van der Waals surface area contributed by atoms with Crippen LogP contribution >= 0.6 is 11.3 Å². The number of nitrogens with zero attached hydrogens (tertiary/aromatic N) is 2. The molecule has 2 heterocycles. The number of hydrogen-bond acceptors (Lipinski definition) is 5. The Kier molecular flexibility index (Phi) is 3.95. The maximum Gasteiger partial charge on any atom is 0.276 e. The number of rotatable bonds is 6. The molecule has 7 heteroatoms. The van der Waals surface area contributed by atoms with Crippen LogP contribution < -0.4 is 9.47 Å². The SMILES string of the molecule is FC(F)COc1nc2ccc(OCC3CCC3)nc2s1. The van der Waals surface area contributed by atoms with Crippen LogP contribution in [0.3, 0.4) is 0 Å². The number of aromatic nitrogens is 2. The lowest BCUT2D eigenvalue weighted by Gasteiger charge is -2.24. The number of hydrogen-bond donors (Lipinski definition) is 0. The molecule has 0 saturated heterocycles. The summed E-state index contributed by atoms with van der Waals surface area (Å²) >= 11 is 1.15. The molecule has 1 saturated carbocycles. The summed E-state index contributed by atoms with van der Waals surface area (Å²) in [5.74, 6) is 1.19. The summed E-state index contributed by atoms with van der Waals surface area (Å²) < 4.78 is 34.7. The van der Waals surface area contributed by atoms with Crippen molar-refractivity contribution in [3.05, 3.63) is 12.1 Å². The Morgan fingerprint density at radius 1 is 1.25 bits per heavy atom. The van der Waals surface area contributed by atoms with E-state index in [0.29, 0.717) is 28.8 Å². The second-order valence-corrected chi connectivity index (χ2v) is 5.70. The molecule has 0 aliphatic heterocycles. The fourth-order valence-corrected chi connectivity index (χ4v) is 2.71. The van der Waals surface area contributed by atoms with Gasteiger partial charge in [0.2, 0.25) is 5.88 Å². The van der Waals surface area contributed by atoms with Gasteiger partial charge in [-0.3, -0.25) is 0 Å². The molecule has 108 valence electrons. The normalized spacial score (nSPS) is 15.6. The molecule has 4 nitrogen and oxygen atoms in total. The highest BCUT2D eigenvalue weighted by Crippen LogP contribution is 2.30. The Hall–Kier alpha value is -1.50. The summed E-state index contributed by atoms with van der Waals surface area (Å²) in [4.78, 5) is 9.05. The van der Waals surface area contributed by atoms with Crippen LogP contribution in [0.25, 0.3) is 10.3 Å². The van der Waals surface area contributed by atoms with Crippen LogP contribution in [-0.4, -0.2) is 29.6 Å². The molecule has 2 aromatic rings. The van der Waals surface area contributed by atoms with Gasteiger partial charge in [-0.05, 0) is 24.8 Å². The number of halogens is 2. The van der Waals surface area contributed by atoms with Crippen molar-refractivity contribution in [2.24, 2.45) is 5.92 Å². The molecule has 0 atom stereocenters. The van der Waals surface area contributed by atoms with E-state index in [2.05, 4.69) is 9.97 Å². The Balaban J connectivity index is 1.66. The largest absolute Gasteiger partial charge is 0.477 e. The first-order valence-electron chi connectivity index (χ1n) is 6.52. The zero-order chi connectivity index (χ0) is 13.9. The predicted octanol–water partition coefficient (Wildman–Crippen LogP) is 3.51. The Morgan fingerprint density at radius 3 is 2.80 bits per heavy atom. The minimum Gasteiger partial charge on any atom is -0.477 e. The molecular weight excluding hydrogens is 286 g/mol. The number of thiazole rings is 1. The van der Waals surface area contributed by atoms with E-state index in [1.165, 1.54) is 19.3 Å². The van der Waals surface area contributed by atoms with E-state index in [0.717, 1.165) is 11.3 Å². The van der Waals surface area contributed by atoms with Crippen LogP contribution in [0.15, 0.2) is 12.1 Å². The third-order valence-corrected chi connectivity index (χ3v) is 4.11. The van der Waals surface area contributed by atoms with E-state index in [-0.39, 0.29) is 5.19 Å². The average molecular weight is 300 g/mol. The first-order valence-corrected chi connectivity index (χ1v) is 7.33. The van der Waals surface area contributed by atoms with Crippen LogP contribution in [0.5, 0.6) is 11.1 Å². The van der Waals surface area contributed by atoms with E-state index in [4.69, 9.17) is 9.47 Å². The number of pyridine rings is 1. The smallest absolute Gasteiger partial charge is 0.276 e. The summed E-state index contributed by atoms with van der Waals surface area (Å²) in [5.41, 5.74) is 0.635. The predicted molar refractivity (Wildman–Crippen MR) is 71.8 cm³/mol. The summed E-state index contributed by atoms with van der Waals surface area (Å²) in [6.07, 6.45) is 1.21. The van der Waals surface area contributed by atoms with Crippen molar-refractivity contribution < 1.29 is 18.3 Å². The van der Waals surface area contributed by atoms with E-state index in [1.807, 2.05) is 0 Å². The number of alkyl halides is 2. The lowest BCUT2D eigenvalue weighted by atomic mass is 9.86. The third kappa shape index (κ3) is 3.15. The molecule has 0 radical (unpaired) electrons. The van der Waals surface area contributed by atoms with Gasteiger partial charge in [-0.1, -0.05) is 17.8 Å². The van der Waals surface area contributed by atoms with Crippen molar-refractivity contribution in [2.45, 2.75) is 25.7 Å². The van der Waals surface area contributed by atoms with Crippen LogP contribution in [0, 0.1) is 5.92 Å². The summed E-state index contributed by atoms with van der Waals surface area (Å²) in [6.45, 7) is 0.0386. The lowest BCUT2D eigenvalue weighted by Crippen LogP contribution is -2.19. The molecule has 1 fully saturated rings. The van der Waals surface area contributed by atoms with Gasteiger partial charge in [0.1, 0.15) is 5.52 Å². The van der Waals surface area contributed by atoms with Crippen LogP contribution in [0.2, 0.25) is 0 Å². The van der Waals surface area contributed by atoms with Gasteiger partial charge in [-0.15, -0.1) is 0 Å². The number of fused-ring (bicyclic) bond motifs is 1. The van der Waals surface area contributed by atoms with Gasteiger partial charge in [-0.2, -0.15) is 0 Å². The molecule has 2 aromatic heterocycles. The second-order valence-electron chi connectivity index (χ2n) is 4.76. The Morgan fingerprint density at radius 2 is 2.10 bits per heavy atom. The van der Waals surface area contributed by atoms with Crippen molar-refractivity contribution in [3.63, 3.8) is 0 Å². The lowest BCUT2D eigenvalue weighted by molar-refractivity contribution is 0.0818. The first-order chi connectivity index (χ1) is 9.70. The van der Waals surface area contributed by atoms with Gasteiger partial charge in [0.05, 0.1) is 6.61 Å². The third-order valence-electron chi connectivity index (χ3n) is 3.23. The summed E-state index contributed by atoms with van der Waals surface area (Å²) in [5, 5.41) is 0.212. The monoisotopic (exact) mass is 300 g/mol. The molecule has 1 aliphatic rings. The van der Waals surface area contributed by atoms with E-state index in [9.17, 15) is 8.78 Å². The molecule has 1 aliphatic carbocycles. The van der Waals surface area contributed by atoms with Crippen molar-refractivity contribution in [3.8, 4) is 11.1 Å². The van der Waals surface area contributed by atoms with Gasteiger partial charge in [-0.25, -0.2) is 18.7 Å². The fourth-order valence-electron chi connectivity index (χ4n) is 1.92. The maximum atomic E-state index is 12.1. The van der Waals surface area contributed by atoms with Crippen LogP contribution in [-0.2, 0) is 0 Å². The van der Waals surface area contributed by atoms with Gasteiger partial charge < -0.3 is 9.47 Å². The molecule has 0 N–H and O–H groups in total. The number of ether oxygens (including phenoxy) is 2. The molecule has 0 spiro atoms. The zero-order valence-electron chi connectivity index (χ0n) is 10.7. The highest BCUT2D eigenvalue weighted by Gasteiger charge is 2.18. The van der Waals surface area contributed by atoms with E-state index < -0.39 is 13.0 Å². The molecule has 0 amide bonds. The van der Waals surface area contributed by atoms with Crippen molar-refractivity contribution in [1.29, 1.82) is 0 Å². The van der Waals surface area contributed by atoms with Crippen LogP contribution in [0.4, 0.5) is 8.78 Å². The van der Waals surface area contributed by atoms with Crippen LogP contribution in [0.1, 0.15) is 19.3 Å². The second kappa shape index (κ2) is 5.87. The van der Waals surface area contributed by atoms with Gasteiger partial charge >= 0.3 is 0 Å². The Labute approximate surface area is 118 Å². The highest BCUT2D eigenvalue weighted by molar-refractivity contribution is 7.19. The average Bonchev–Trinajstić information content (AvgIpc) is 2.76. The molecule has 20 heavy (non-hydrogen) atoms. The Bertz CT molecular complexity index is 587. The fraction of sp³-hybridized carbons (Fsp3) is 0.538. The standard InChI is InChI=1S/C13H14F2N2O2S/c14-10(15)7-19-13-16-9-4-5-11(17-12(9)20-13)18-6-8-2-1-3-8/h4-5,8,10H,1-3,6-7H2. The summed E-state index contributed by atoms with van der Waals surface area (Å²) in [6, 6.07) is 3.52. The molecule has 0 bridgehead atoms. The maximum absolute atomic E-state index is 12.1. The van der Waals surface area contributed by atoms with Crippen molar-refractivity contribution in [1.82, 2.24) is 9.97 Å². The van der Waals surface area contributed by atoms with E-state index >= 15 is 0 Å². The summed E-state index contributed by atoms with van der Waals surface area (Å²) in [7, 11) is 0. The topological polar surface area (TPSA) is 44.2 Å². The quantitative estimate of drug-likeness (QED) is 0.819. The van der Waals surface area contributed by atoms with Crippen molar-refractivity contribution in [2.75, 3.05) is 13.2 Å². The zero-order valence-corrected chi connectivity index (χ0v) is 11.5. The molecule has 3 rings (SSSR count). The molecule has 0 unspecified atom stereocenters. The minimum absolute atomic E-state index is 0.212. The van der Waals surface area contributed by atoms with Crippen molar-refractivity contribution >= 4 is 21.7 Å². The van der Waals surface area contributed by atoms with Gasteiger partial charge in [0.25, 0.3) is 11.6 Å². The highest BCUT2D eigenvalue weighted by atomic mass is 32.1. The molecule has 0 aromatic carbocycles. The first kappa shape index (κ1) is 13.5. The van der Waals surface area contributed by atoms with Gasteiger partial charge in [0.15, 0.2) is 11.4 Å².